The van der Waals surface area contributed by atoms with Gasteiger partial charge in [-0.05, 0) is 12.1 Å². The highest BCUT2D eigenvalue weighted by Crippen LogP contribution is 2.42. The van der Waals surface area contributed by atoms with Crippen LogP contribution in [-0.2, 0) is 0 Å². The fourth-order valence-corrected chi connectivity index (χ4v) is 2.77. The highest BCUT2D eigenvalue weighted by Gasteiger charge is 2.46. The van der Waals surface area contributed by atoms with Crippen LogP contribution in [0.2, 0.25) is 0 Å². The van der Waals surface area contributed by atoms with Gasteiger partial charge in [0, 0.05) is 36.2 Å². The van der Waals surface area contributed by atoms with Gasteiger partial charge in [-0.2, -0.15) is 13.2 Å². The molecule has 2 rings (SSSR count). The van der Waals surface area contributed by atoms with E-state index in [1.807, 2.05) is 0 Å². The standard InChI is InChI=1S/C13H16BrF3N2O/c1-20-11-8-9(14)2-3-10(11)12(13(15,16)17)19-6-4-18-5-7-19/h2-3,8,12,18H,4-7H2,1H3/t12-/m1/s1. The van der Waals surface area contributed by atoms with Crippen molar-refractivity contribution >= 4 is 15.9 Å². The summed E-state index contributed by atoms with van der Waals surface area (Å²) in [6, 6.07) is 3.02. The molecule has 1 aliphatic heterocycles. The van der Waals surface area contributed by atoms with Crippen molar-refractivity contribution in [2.45, 2.75) is 12.2 Å². The summed E-state index contributed by atoms with van der Waals surface area (Å²) in [6.45, 7) is 1.85. The first-order chi connectivity index (χ1) is 9.43. The zero-order valence-electron chi connectivity index (χ0n) is 11.0. The van der Waals surface area contributed by atoms with Crippen LogP contribution in [0.15, 0.2) is 22.7 Å². The number of halogens is 4. The number of nitrogens with zero attached hydrogens (tertiary/aromatic N) is 1. The van der Waals surface area contributed by atoms with Crippen molar-refractivity contribution in [3.8, 4) is 5.75 Å². The summed E-state index contributed by atoms with van der Waals surface area (Å²) in [7, 11) is 1.39. The molecule has 0 amide bonds. The highest BCUT2D eigenvalue weighted by molar-refractivity contribution is 9.10. The monoisotopic (exact) mass is 352 g/mol. The van der Waals surface area contributed by atoms with Gasteiger partial charge in [0.25, 0.3) is 0 Å². The Morgan fingerprint density at radius 1 is 1.30 bits per heavy atom. The van der Waals surface area contributed by atoms with Gasteiger partial charge in [-0.15, -0.1) is 0 Å². The largest absolute Gasteiger partial charge is 0.496 e. The maximum Gasteiger partial charge on any atom is 0.408 e. The molecule has 1 saturated heterocycles. The Morgan fingerprint density at radius 3 is 2.50 bits per heavy atom. The first-order valence-electron chi connectivity index (χ1n) is 6.28. The number of hydrogen-bond acceptors (Lipinski definition) is 3. The van der Waals surface area contributed by atoms with Crippen molar-refractivity contribution in [1.29, 1.82) is 0 Å². The van der Waals surface area contributed by atoms with E-state index in [4.69, 9.17) is 4.74 Å². The molecule has 1 aromatic rings. The lowest BCUT2D eigenvalue weighted by Crippen LogP contribution is -2.49. The van der Waals surface area contributed by atoms with Crippen LogP contribution in [0.5, 0.6) is 5.75 Å². The number of methoxy groups -OCH3 is 1. The molecule has 1 atom stereocenters. The normalized spacial score (nSPS) is 18.9. The van der Waals surface area contributed by atoms with Gasteiger partial charge in [0.05, 0.1) is 7.11 Å². The Bertz CT molecular complexity index is 461. The summed E-state index contributed by atoms with van der Waals surface area (Å²) in [6.07, 6.45) is -4.33. The number of nitrogens with one attached hydrogen (secondary N) is 1. The molecule has 1 fully saturated rings. The Kier molecular flexibility index (Phi) is 4.93. The predicted octanol–water partition coefficient (Wildman–Crippen LogP) is 2.97. The fourth-order valence-electron chi connectivity index (χ4n) is 2.43. The summed E-state index contributed by atoms with van der Waals surface area (Å²) >= 11 is 3.25. The van der Waals surface area contributed by atoms with Gasteiger partial charge in [-0.1, -0.05) is 22.0 Å². The van der Waals surface area contributed by atoms with Crippen molar-refractivity contribution in [3.05, 3.63) is 28.2 Å². The van der Waals surface area contributed by atoms with Crippen LogP contribution in [0.4, 0.5) is 13.2 Å². The van der Waals surface area contributed by atoms with Gasteiger partial charge in [0.2, 0.25) is 0 Å². The van der Waals surface area contributed by atoms with E-state index in [-0.39, 0.29) is 11.3 Å². The second kappa shape index (κ2) is 6.32. The van der Waals surface area contributed by atoms with Gasteiger partial charge in [0.1, 0.15) is 11.8 Å². The minimum atomic E-state index is -4.33. The van der Waals surface area contributed by atoms with Crippen molar-refractivity contribution in [1.82, 2.24) is 10.2 Å². The quantitative estimate of drug-likeness (QED) is 0.904. The molecule has 0 radical (unpaired) electrons. The molecule has 0 spiro atoms. The third-order valence-corrected chi connectivity index (χ3v) is 3.81. The van der Waals surface area contributed by atoms with Crippen molar-refractivity contribution in [2.75, 3.05) is 33.3 Å². The molecule has 0 unspecified atom stereocenters. The second-order valence-electron chi connectivity index (χ2n) is 4.62. The lowest BCUT2D eigenvalue weighted by molar-refractivity contribution is -0.188. The third kappa shape index (κ3) is 3.45. The van der Waals surface area contributed by atoms with E-state index in [9.17, 15) is 13.2 Å². The number of ether oxygens (including phenoxy) is 1. The van der Waals surface area contributed by atoms with Crippen LogP contribution < -0.4 is 10.1 Å². The van der Waals surface area contributed by atoms with Crippen LogP contribution in [-0.4, -0.2) is 44.4 Å². The molecule has 0 aliphatic carbocycles. The number of rotatable bonds is 3. The number of benzene rings is 1. The first-order valence-corrected chi connectivity index (χ1v) is 7.07. The van der Waals surface area contributed by atoms with Crippen LogP contribution >= 0.6 is 15.9 Å². The summed E-state index contributed by atoms with van der Waals surface area (Å²) in [5, 5.41) is 3.06. The Labute approximate surface area is 124 Å². The summed E-state index contributed by atoms with van der Waals surface area (Å²) in [4.78, 5) is 1.45. The SMILES string of the molecule is COc1cc(Br)ccc1[C@@H](N1CCNCC1)C(F)(F)F. The Balaban J connectivity index is 2.40. The van der Waals surface area contributed by atoms with Crippen LogP contribution in [0.25, 0.3) is 0 Å². The minimum absolute atomic E-state index is 0.158. The average Bonchev–Trinajstić information content (AvgIpc) is 2.40. The van der Waals surface area contributed by atoms with E-state index in [0.29, 0.717) is 30.7 Å². The van der Waals surface area contributed by atoms with Gasteiger partial charge in [0.15, 0.2) is 0 Å². The van der Waals surface area contributed by atoms with Crippen molar-refractivity contribution in [3.63, 3.8) is 0 Å². The molecule has 1 aliphatic rings. The Morgan fingerprint density at radius 2 is 1.95 bits per heavy atom. The summed E-state index contributed by atoms with van der Waals surface area (Å²) in [5.74, 6) is 0.250. The van der Waals surface area contributed by atoms with Crippen molar-refractivity contribution in [2.24, 2.45) is 0 Å². The molecular formula is C13H16BrF3N2O. The van der Waals surface area contributed by atoms with Crippen LogP contribution in [0.1, 0.15) is 11.6 Å². The molecule has 7 heteroatoms. The van der Waals surface area contributed by atoms with E-state index >= 15 is 0 Å². The average molecular weight is 353 g/mol. The maximum absolute atomic E-state index is 13.5. The fraction of sp³-hybridized carbons (Fsp3) is 0.538. The molecule has 0 saturated carbocycles. The van der Waals surface area contributed by atoms with Gasteiger partial charge >= 0.3 is 6.18 Å². The summed E-state index contributed by atoms with van der Waals surface area (Å²) in [5.41, 5.74) is 0.158. The van der Waals surface area contributed by atoms with Crippen LogP contribution in [0.3, 0.4) is 0 Å². The van der Waals surface area contributed by atoms with E-state index < -0.39 is 12.2 Å². The molecule has 1 heterocycles. The molecule has 3 nitrogen and oxygen atoms in total. The number of piperazine rings is 1. The number of hydrogen-bond donors (Lipinski definition) is 1. The molecule has 0 aromatic heterocycles. The highest BCUT2D eigenvalue weighted by atomic mass is 79.9. The zero-order chi connectivity index (χ0) is 14.8. The van der Waals surface area contributed by atoms with Crippen LogP contribution in [0, 0.1) is 0 Å². The zero-order valence-corrected chi connectivity index (χ0v) is 12.6. The molecular weight excluding hydrogens is 337 g/mol. The predicted molar refractivity (Wildman–Crippen MR) is 73.9 cm³/mol. The van der Waals surface area contributed by atoms with Gasteiger partial charge < -0.3 is 10.1 Å². The smallest absolute Gasteiger partial charge is 0.408 e. The minimum Gasteiger partial charge on any atom is -0.496 e. The van der Waals surface area contributed by atoms with E-state index in [1.165, 1.54) is 18.1 Å². The van der Waals surface area contributed by atoms with Gasteiger partial charge in [-0.3, -0.25) is 4.90 Å². The maximum atomic E-state index is 13.5. The number of alkyl halides is 3. The molecule has 1 N–H and O–H groups in total. The Hall–Kier alpha value is -0.790. The first kappa shape index (κ1) is 15.6. The van der Waals surface area contributed by atoms with E-state index in [0.717, 1.165) is 0 Å². The molecule has 20 heavy (non-hydrogen) atoms. The molecule has 112 valence electrons. The second-order valence-corrected chi connectivity index (χ2v) is 5.53. The van der Waals surface area contributed by atoms with E-state index in [1.54, 1.807) is 12.1 Å². The van der Waals surface area contributed by atoms with Gasteiger partial charge in [-0.25, -0.2) is 0 Å². The van der Waals surface area contributed by atoms with Crippen molar-refractivity contribution < 1.29 is 17.9 Å². The lowest BCUT2D eigenvalue weighted by Gasteiger charge is -2.36. The lowest BCUT2D eigenvalue weighted by atomic mass is 10.0. The third-order valence-electron chi connectivity index (χ3n) is 3.32. The summed E-state index contributed by atoms with van der Waals surface area (Å²) < 4.78 is 46.2. The molecule has 0 bridgehead atoms. The topological polar surface area (TPSA) is 24.5 Å². The molecule has 1 aromatic carbocycles. The van der Waals surface area contributed by atoms with E-state index in [2.05, 4.69) is 21.2 Å².